The molecule has 4 heterocycles. The van der Waals surface area contributed by atoms with E-state index >= 15 is 0 Å². The Hall–Kier alpha value is -3.54. The van der Waals surface area contributed by atoms with Crippen LogP contribution in [-0.4, -0.2) is 79.5 Å². The highest BCUT2D eigenvalue weighted by atomic mass is 32.2. The number of rotatable bonds is 10. The molecule has 14 heteroatoms. The Bertz CT molecular complexity index is 1280. The van der Waals surface area contributed by atoms with Gasteiger partial charge in [0.1, 0.15) is 22.5 Å². The van der Waals surface area contributed by atoms with Crippen LogP contribution in [0.5, 0.6) is 0 Å². The zero-order chi connectivity index (χ0) is 26.4. The maximum atomic E-state index is 13.0. The standard InChI is InChI=1S/C23H22N6O5S3/c1-2-7-34-28-16(15-10-36-22(24)26-15)18(30)27-17-19(31)29-11-23(21(32)33,13-37-20(17)29)12-35-8-5-14-4-3-6-25-9-14/h1,3-6,8-10,17,20H,7,11-13H2,(H2,24,26)(H,27,30)(H,32,33)/t17?,20-,23?/m1/s1. The highest BCUT2D eigenvalue weighted by Gasteiger charge is 2.57. The summed E-state index contributed by atoms with van der Waals surface area (Å²) in [6.45, 7) is -0.106. The summed E-state index contributed by atoms with van der Waals surface area (Å²) >= 11 is 3.81. The van der Waals surface area contributed by atoms with Gasteiger partial charge in [-0.15, -0.1) is 41.3 Å². The van der Waals surface area contributed by atoms with Gasteiger partial charge in [0.2, 0.25) is 5.91 Å². The number of terminal acetylenes is 1. The molecular formula is C23H22N6O5S3. The summed E-state index contributed by atoms with van der Waals surface area (Å²) in [7, 11) is 0. The van der Waals surface area contributed by atoms with E-state index in [1.54, 1.807) is 17.8 Å². The number of nitrogens with one attached hydrogen (secondary N) is 1. The van der Waals surface area contributed by atoms with E-state index in [4.69, 9.17) is 17.0 Å². The maximum absolute atomic E-state index is 13.0. The van der Waals surface area contributed by atoms with Crippen molar-refractivity contribution in [3.05, 3.63) is 46.6 Å². The van der Waals surface area contributed by atoms with Crippen molar-refractivity contribution in [1.82, 2.24) is 20.2 Å². The van der Waals surface area contributed by atoms with Crippen LogP contribution in [-0.2, 0) is 19.2 Å². The Morgan fingerprint density at radius 1 is 1.51 bits per heavy atom. The number of amides is 2. The number of aliphatic carboxylic acids is 1. The topological polar surface area (TPSA) is 160 Å². The predicted molar refractivity (Wildman–Crippen MR) is 144 cm³/mol. The number of fused-ring (bicyclic) bond motifs is 1. The number of nitrogens with zero attached hydrogens (tertiary/aromatic N) is 4. The molecule has 2 unspecified atom stereocenters. The highest BCUT2D eigenvalue weighted by molar-refractivity contribution is 8.02. The number of anilines is 1. The first-order valence-electron chi connectivity index (χ1n) is 10.8. The second-order valence-corrected chi connectivity index (χ2v) is 11.0. The second-order valence-electron chi connectivity index (χ2n) is 8.09. The van der Waals surface area contributed by atoms with Crippen LogP contribution in [0.2, 0.25) is 0 Å². The minimum absolute atomic E-state index is 0.0494. The molecule has 0 spiro atoms. The zero-order valence-corrected chi connectivity index (χ0v) is 21.7. The number of carboxylic acid groups (broad SMARTS) is 1. The Balaban J connectivity index is 1.39. The summed E-state index contributed by atoms with van der Waals surface area (Å²) in [5.74, 6) is 0.803. The molecule has 37 heavy (non-hydrogen) atoms. The predicted octanol–water partition coefficient (Wildman–Crippen LogP) is 1.35. The van der Waals surface area contributed by atoms with Gasteiger partial charge in [0, 0.05) is 35.8 Å². The fourth-order valence-electron chi connectivity index (χ4n) is 3.66. The summed E-state index contributed by atoms with van der Waals surface area (Å²) in [6.07, 6.45) is 10.4. The Morgan fingerprint density at radius 2 is 2.35 bits per heavy atom. The lowest BCUT2D eigenvalue weighted by molar-refractivity contribution is -0.157. The second kappa shape index (κ2) is 11.7. The number of carbonyl (C=O) groups is 3. The smallest absolute Gasteiger partial charge is 0.313 e. The molecule has 4 N–H and O–H groups in total. The molecule has 11 nitrogen and oxygen atoms in total. The normalized spacial score (nSPS) is 23.2. The fraction of sp³-hybridized carbons (Fsp3) is 0.304. The molecule has 0 saturated carbocycles. The van der Waals surface area contributed by atoms with Gasteiger partial charge in [-0.25, -0.2) is 4.98 Å². The number of thioether (sulfide) groups is 2. The van der Waals surface area contributed by atoms with E-state index in [2.05, 4.69) is 26.4 Å². The van der Waals surface area contributed by atoms with Crippen LogP contribution in [0.15, 0.2) is 40.5 Å². The third-order valence-electron chi connectivity index (χ3n) is 5.57. The van der Waals surface area contributed by atoms with Crippen LogP contribution in [0.3, 0.4) is 0 Å². The summed E-state index contributed by atoms with van der Waals surface area (Å²) < 4.78 is 0. The number of thiazole rings is 1. The summed E-state index contributed by atoms with van der Waals surface area (Å²) in [5.41, 5.74) is 5.48. The number of hydrogen-bond acceptors (Lipinski definition) is 11. The number of nitrogen functional groups attached to an aromatic ring is 1. The summed E-state index contributed by atoms with van der Waals surface area (Å²) in [4.78, 5) is 52.7. The van der Waals surface area contributed by atoms with Gasteiger partial charge in [-0.1, -0.05) is 17.1 Å². The first-order chi connectivity index (χ1) is 17.8. The lowest BCUT2D eigenvalue weighted by atomic mass is 9.89. The lowest BCUT2D eigenvalue weighted by Gasteiger charge is -2.53. The van der Waals surface area contributed by atoms with Crippen molar-refractivity contribution in [3.63, 3.8) is 0 Å². The van der Waals surface area contributed by atoms with Crippen molar-refractivity contribution in [3.8, 4) is 12.3 Å². The SMILES string of the molecule is C#CCON=C(C(=O)NC1C(=O)N2CC(CSC=Cc3cccnc3)(C(=O)O)CS[C@H]12)c1csc(N)n1. The van der Waals surface area contributed by atoms with E-state index in [1.165, 1.54) is 28.4 Å². The van der Waals surface area contributed by atoms with Crippen LogP contribution in [0, 0.1) is 17.8 Å². The van der Waals surface area contributed by atoms with E-state index in [1.807, 2.05) is 23.6 Å². The van der Waals surface area contributed by atoms with Crippen molar-refractivity contribution in [2.75, 3.05) is 30.4 Å². The quantitative estimate of drug-likeness (QED) is 0.128. The van der Waals surface area contributed by atoms with Gasteiger partial charge in [-0.2, -0.15) is 0 Å². The molecule has 3 atom stereocenters. The maximum Gasteiger partial charge on any atom is 0.313 e. The van der Waals surface area contributed by atoms with Gasteiger partial charge < -0.3 is 25.9 Å². The van der Waals surface area contributed by atoms with Gasteiger partial charge in [-0.05, 0) is 23.1 Å². The van der Waals surface area contributed by atoms with E-state index < -0.39 is 28.7 Å². The molecule has 2 aromatic heterocycles. The summed E-state index contributed by atoms with van der Waals surface area (Å²) in [6, 6.07) is 2.87. The molecule has 0 radical (unpaired) electrons. The van der Waals surface area contributed by atoms with E-state index in [9.17, 15) is 19.5 Å². The fourth-order valence-corrected chi connectivity index (χ4v) is 6.86. The van der Waals surface area contributed by atoms with Gasteiger partial charge in [0.25, 0.3) is 5.91 Å². The van der Waals surface area contributed by atoms with Crippen molar-refractivity contribution < 1.29 is 24.3 Å². The lowest BCUT2D eigenvalue weighted by Crippen LogP contribution is -2.74. The third-order valence-corrected chi connectivity index (χ3v) is 8.88. The minimum Gasteiger partial charge on any atom is -0.481 e. The molecule has 4 rings (SSSR count). The average Bonchev–Trinajstić information content (AvgIpc) is 3.33. The third kappa shape index (κ3) is 5.90. The van der Waals surface area contributed by atoms with Gasteiger partial charge in [-0.3, -0.25) is 19.4 Å². The molecule has 2 aromatic rings. The molecule has 0 aliphatic carbocycles. The number of carboxylic acids is 1. The number of pyridine rings is 1. The largest absolute Gasteiger partial charge is 0.481 e. The van der Waals surface area contributed by atoms with E-state index in [-0.39, 0.29) is 47.1 Å². The van der Waals surface area contributed by atoms with Crippen LogP contribution < -0.4 is 11.1 Å². The minimum atomic E-state index is -1.12. The van der Waals surface area contributed by atoms with Crippen molar-refractivity contribution in [1.29, 1.82) is 0 Å². The van der Waals surface area contributed by atoms with E-state index in [0.29, 0.717) is 0 Å². The molecule has 2 amide bonds. The van der Waals surface area contributed by atoms with Crippen LogP contribution in [0.1, 0.15) is 11.3 Å². The molecule has 2 saturated heterocycles. The van der Waals surface area contributed by atoms with Crippen LogP contribution >= 0.6 is 34.9 Å². The van der Waals surface area contributed by atoms with Crippen molar-refractivity contribution in [2.45, 2.75) is 11.4 Å². The van der Waals surface area contributed by atoms with Crippen LogP contribution in [0.4, 0.5) is 5.13 Å². The highest BCUT2D eigenvalue weighted by Crippen LogP contribution is 2.43. The van der Waals surface area contributed by atoms with Gasteiger partial charge >= 0.3 is 5.97 Å². The molecule has 2 aliphatic heterocycles. The number of aromatic nitrogens is 2. The number of β-lactam (4-membered cyclic amide) rings is 1. The first kappa shape index (κ1) is 26.5. The summed E-state index contributed by atoms with van der Waals surface area (Å²) in [5, 5.41) is 19.7. The van der Waals surface area contributed by atoms with Gasteiger partial charge in [0.15, 0.2) is 17.5 Å². The Labute approximate surface area is 224 Å². The molecule has 2 fully saturated rings. The number of hydrogen-bond donors (Lipinski definition) is 3. The Morgan fingerprint density at radius 3 is 3.03 bits per heavy atom. The first-order valence-corrected chi connectivity index (χ1v) is 13.8. The monoisotopic (exact) mass is 558 g/mol. The molecular weight excluding hydrogens is 536 g/mol. The zero-order valence-electron chi connectivity index (χ0n) is 19.3. The number of oxime groups is 1. The van der Waals surface area contributed by atoms with Crippen molar-refractivity contribution >= 4 is 69.6 Å². The van der Waals surface area contributed by atoms with E-state index in [0.717, 1.165) is 16.9 Å². The average molecular weight is 559 g/mol. The van der Waals surface area contributed by atoms with Crippen molar-refractivity contribution in [2.24, 2.45) is 10.6 Å². The molecule has 192 valence electrons. The van der Waals surface area contributed by atoms with Crippen LogP contribution in [0.25, 0.3) is 6.08 Å². The molecule has 2 aliphatic rings. The Kier molecular flexibility index (Phi) is 8.37. The number of carbonyl (C=O) groups excluding carboxylic acids is 2. The molecule has 0 bridgehead atoms. The van der Waals surface area contributed by atoms with Gasteiger partial charge in [0.05, 0.1) is 0 Å². The molecule has 0 aromatic carbocycles. The number of nitrogens with two attached hydrogens (primary N) is 1.